The van der Waals surface area contributed by atoms with E-state index in [1.807, 2.05) is 24.3 Å². The molecule has 3 heteroatoms. The highest BCUT2D eigenvalue weighted by atomic mass is 16.5. The predicted octanol–water partition coefficient (Wildman–Crippen LogP) is 2.96. The molecular formula is C14H19NO2. The highest BCUT2D eigenvalue weighted by Gasteiger charge is 2.22. The van der Waals surface area contributed by atoms with E-state index < -0.39 is 0 Å². The third-order valence-corrected chi connectivity index (χ3v) is 3.23. The highest BCUT2D eigenvalue weighted by Crippen LogP contribution is 2.26. The van der Waals surface area contributed by atoms with Gasteiger partial charge in [-0.25, -0.2) is 0 Å². The number of anilines is 1. The zero-order valence-electron chi connectivity index (χ0n) is 10.2. The lowest BCUT2D eigenvalue weighted by molar-refractivity contribution is -0.119. The minimum atomic E-state index is 0.164. The zero-order valence-corrected chi connectivity index (χ0v) is 10.2. The molecule has 0 radical (unpaired) electrons. The second-order valence-corrected chi connectivity index (χ2v) is 4.60. The third-order valence-electron chi connectivity index (χ3n) is 3.23. The standard InChI is InChI=1S/C14H19NO2/c1-17-10-11-5-4-8-13(9-11)15-14(16)12-6-2-3-7-12/h4-5,8-9,12H,2-3,6-7,10H2,1H3,(H,15,16). The molecule has 0 heterocycles. The Morgan fingerprint density at radius 2 is 2.18 bits per heavy atom. The van der Waals surface area contributed by atoms with Crippen molar-refractivity contribution in [3.05, 3.63) is 29.8 Å². The summed E-state index contributed by atoms with van der Waals surface area (Å²) in [5, 5.41) is 2.99. The van der Waals surface area contributed by atoms with E-state index in [4.69, 9.17) is 4.74 Å². The van der Waals surface area contributed by atoms with Crippen LogP contribution in [-0.2, 0) is 16.1 Å². The molecule has 1 aliphatic rings. The van der Waals surface area contributed by atoms with E-state index >= 15 is 0 Å². The van der Waals surface area contributed by atoms with E-state index in [1.54, 1.807) is 7.11 Å². The van der Waals surface area contributed by atoms with Gasteiger partial charge in [0.2, 0.25) is 5.91 Å². The van der Waals surface area contributed by atoms with E-state index in [1.165, 1.54) is 12.8 Å². The van der Waals surface area contributed by atoms with Gasteiger partial charge >= 0.3 is 0 Å². The van der Waals surface area contributed by atoms with Crippen molar-refractivity contribution in [3.63, 3.8) is 0 Å². The van der Waals surface area contributed by atoms with Crippen LogP contribution in [0.1, 0.15) is 31.2 Å². The van der Waals surface area contributed by atoms with Crippen molar-refractivity contribution in [2.24, 2.45) is 5.92 Å². The van der Waals surface area contributed by atoms with E-state index in [-0.39, 0.29) is 11.8 Å². The van der Waals surface area contributed by atoms with Crippen LogP contribution in [0.4, 0.5) is 5.69 Å². The van der Waals surface area contributed by atoms with Gasteiger partial charge in [0.1, 0.15) is 0 Å². The molecule has 1 aromatic carbocycles. The summed E-state index contributed by atoms with van der Waals surface area (Å²) in [7, 11) is 1.67. The number of amides is 1. The van der Waals surface area contributed by atoms with Crippen LogP contribution >= 0.6 is 0 Å². The Labute approximate surface area is 102 Å². The number of nitrogens with one attached hydrogen (secondary N) is 1. The van der Waals surface area contributed by atoms with Gasteiger partial charge in [-0.15, -0.1) is 0 Å². The Morgan fingerprint density at radius 1 is 1.41 bits per heavy atom. The van der Waals surface area contributed by atoms with E-state index in [0.717, 1.165) is 24.1 Å². The third kappa shape index (κ3) is 3.30. The number of carbonyl (C=O) groups excluding carboxylic acids is 1. The van der Waals surface area contributed by atoms with Crippen molar-refractivity contribution < 1.29 is 9.53 Å². The summed E-state index contributed by atoms with van der Waals surface area (Å²) < 4.78 is 5.07. The molecule has 1 N–H and O–H groups in total. The molecule has 0 spiro atoms. The van der Waals surface area contributed by atoms with E-state index in [2.05, 4.69) is 5.32 Å². The number of ether oxygens (including phenoxy) is 1. The lowest BCUT2D eigenvalue weighted by atomic mass is 10.1. The first-order valence-corrected chi connectivity index (χ1v) is 6.18. The maximum absolute atomic E-state index is 11.9. The molecule has 1 aromatic rings. The summed E-state index contributed by atoms with van der Waals surface area (Å²) in [5.74, 6) is 0.373. The molecule has 1 aliphatic carbocycles. The van der Waals surface area contributed by atoms with Crippen molar-refractivity contribution in [3.8, 4) is 0 Å². The highest BCUT2D eigenvalue weighted by molar-refractivity contribution is 5.92. The Balaban J connectivity index is 1.97. The predicted molar refractivity (Wildman–Crippen MR) is 67.7 cm³/mol. The Kier molecular flexibility index (Phi) is 4.15. The summed E-state index contributed by atoms with van der Waals surface area (Å²) in [6.45, 7) is 0.577. The summed E-state index contributed by atoms with van der Waals surface area (Å²) in [6.07, 6.45) is 4.43. The summed E-state index contributed by atoms with van der Waals surface area (Å²) in [5.41, 5.74) is 1.95. The fraction of sp³-hybridized carbons (Fsp3) is 0.500. The lowest BCUT2D eigenvalue weighted by Gasteiger charge is -2.11. The first kappa shape index (κ1) is 12.1. The number of benzene rings is 1. The van der Waals surface area contributed by atoms with Crippen LogP contribution in [0.3, 0.4) is 0 Å². The minimum Gasteiger partial charge on any atom is -0.380 e. The molecule has 0 unspecified atom stereocenters. The average Bonchev–Trinajstić information content (AvgIpc) is 2.83. The SMILES string of the molecule is COCc1cccc(NC(=O)C2CCCC2)c1. The van der Waals surface area contributed by atoms with Crippen molar-refractivity contribution in [2.45, 2.75) is 32.3 Å². The lowest BCUT2D eigenvalue weighted by Crippen LogP contribution is -2.20. The summed E-state index contributed by atoms with van der Waals surface area (Å²) in [4.78, 5) is 11.9. The minimum absolute atomic E-state index is 0.164. The van der Waals surface area contributed by atoms with Gasteiger partial charge < -0.3 is 10.1 Å². The second-order valence-electron chi connectivity index (χ2n) is 4.60. The van der Waals surface area contributed by atoms with Gasteiger partial charge in [-0.05, 0) is 30.5 Å². The van der Waals surface area contributed by atoms with Crippen molar-refractivity contribution >= 4 is 11.6 Å². The number of carbonyl (C=O) groups is 1. The number of hydrogen-bond acceptors (Lipinski definition) is 2. The van der Waals surface area contributed by atoms with Crippen LogP contribution in [0.2, 0.25) is 0 Å². The molecule has 92 valence electrons. The molecule has 0 saturated heterocycles. The molecule has 0 atom stereocenters. The molecular weight excluding hydrogens is 214 g/mol. The van der Waals surface area contributed by atoms with E-state index in [0.29, 0.717) is 6.61 Å². The molecule has 0 aromatic heterocycles. The maximum atomic E-state index is 11.9. The molecule has 1 amide bonds. The van der Waals surface area contributed by atoms with Crippen LogP contribution in [0.5, 0.6) is 0 Å². The normalized spacial score (nSPS) is 16.1. The topological polar surface area (TPSA) is 38.3 Å². The fourth-order valence-corrected chi connectivity index (χ4v) is 2.34. The summed E-state index contributed by atoms with van der Waals surface area (Å²) >= 11 is 0. The quantitative estimate of drug-likeness (QED) is 0.868. The van der Waals surface area contributed by atoms with Crippen LogP contribution in [0, 0.1) is 5.92 Å². The van der Waals surface area contributed by atoms with Crippen molar-refractivity contribution in [1.29, 1.82) is 0 Å². The van der Waals surface area contributed by atoms with Crippen LogP contribution in [0.25, 0.3) is 0 Å². The van der Waals surface area contributed by atoms with Crippen molar-refractivity contribution in [1.82, 2.24) is 0 Å². The smallest absolute Gasteiger partial charge is 0.227 e. The Morgan fingerprint density at radius 3 is 2.88 bits per heavy atom. The van der Waals surface area contributed by atoms with Gasteiger partial charge in [-0.2, -0.15) is 0 Å². The van der Waals surface area contributed by atoms with Gasteiger partial charge in [0.05, 0.1) is 6.61 Å². The number of methoxy groups -OCH3 is 1. The molecule has 1 fully saturated rings. The molecule has 0 aliphatic heterocycles. The zero-order chi connectivity index (χ0) is 12.1. The molecule has 3 nitrogen and oxygen atoms in total. The second kappa shape index (κ2) is 5.82. The molecule has 17 heavy (non-hydrogen) atoms. The largest absolute Gasteiger partial charge is 0.380 e. The fourth-order valence-electron chi connectivity index (χ4n) is 2.34. The maximum Gasteiger partial charge on any atom is 0.227 e. The summed E-state index contributed by atoms with van der Waals surface area (Å²) in [6, 6.07) is 7.83. The van der Waals surface area contributed by atoms with Crippen molar-refractivity contribution in [2.75, 3.05) is 12.4 Å². The van der Waals surface area contributed by atoms with Crippen LogP contribution in [-0.4, -0.2) is 13.0 Å². The molecule has 2 rings (SSSR count). The van der Waals surface area contributed by atoms with Gasteiger partial charge in [-0.1, -0.05) is 25.0 Å². The first-order chi connectivity index (χ1) is 8.29. The van der Waals surface area contributed by atoms with Gasteiger partial charge in [-0.3, -0.25) is 4.79 Å². The molecule has 0 bridgehead atoms. The molecule has 1 saturated carbocycles. The van der Waals surface area contributed by atoms with Gasteiger partial charge in [0.15, 0.2) is 0 Å². The Bertz CT molecular complexity index is 384. The number of rotatable bonds is 4. The Hall–Kier alpha value is -1.35. The van der Waals surface area contributed by atoms with E-state index in [9.17, 15) is 4.79 Å². The number of hydrogen-bond donors (Lipinski definition) is 1. The average molecular weight is 233 g/mol. The van der Waals surface area contributed by atoms with Gasteiger partial charge in [0, 0.05) is 18.7 Å². The monoisotopic (exact) mass is 233 g/mol. The first-order valence-electron chi connectivity index (χ1n) is 6.18. The van der Waals surface area contributed by atoms with Crippen LogP contribution < -0.4 is 5.32 Å². The van der Waals surface area contributed by atoms with Crippen LogP contribution in [0.15, 0.2) is 24.3 Å². The van der Waals surface area contributed by atoms with Gasteiger partial charge in [0.25, 0.3) is 0 Å².